The summed E-state index contributed by atoms with van der Waals surface area (Å²) in [4.78, 5) is 24.0. The maximum atomic E-state index is 12.1. The molecule has 10 heteroatoms. The molecule has 0 aliphatic rings. The van der Waals surface area contributed by atoms with Crippen molar-refractivity contribution in [2.75, 3.05) is 25.5 Å². The average molecular weight is 418 g/mol. The van der Waals surface area contributed by atoms with Gasteiger partial charge in [-0.3, -0.25) is 20.4 Å². The van der Waals surface area contributed by atoms with Gasteiger partial charge in [0, 0.05) is 17.8 Å². The molecule has 0 atom stereocenters. The number of nitrogens with one attached hydrogen (secondary N) is 4. The van der Waals surface area contributed by atoms with E-state index in [0.29, 0.717) is 11.4 Å². The van der Waals surface area contributed by atoms with Gasteiger partial charge in [0.25, 0.3) is 11.8 Å². The summed E-state index contributed by atoms with van der Waals surface area (Å²) < 4.78 is 31.3. The first-order chi connectivity index (χ1) is 13.9. The van der Waals surface area contributed by atoms with Crippen LogP contribution in [0.2, 0.25) is 0 Å². The minimum absolute atomic E-state index is 0.0172. The van der Waals surface area contributed by atoms with Gasteiger partial charge in [-0.05, 0) is 48.5 Å². The number of methoxy groups -OCH3 is 1. The van der Waals surface area contributed by atoms with Crippen molar-refractivity contribution in [3.8, 4) is 5.75 Å². The van der Waals surface area contributed by atoms with Crippen molar-refractivity contribution in [2.24, 2.45) is 0 Å². The smallest absolute Gasteiger partial charge is 0.269 e. The van der Waals surface area contributed by atoms with Crippen molar-refractivity contribution in [1.82, 2.24) is 15.6 Å². The van der Waals surface area contributed by atoms with Gasteiger partial charge in [-0.2, -0.15) is 0 Å². The van der Waals surface area contributed by atoms with Crippen molar-refractivity contribution < 1.29 is 22.7 Å². The highest BCUT2D eigenvalue weighted by Gasteiger charge is 2.14. The number of amides is 2. The number of hydrogen-bond donors (Lipinski definition) is 4. The number of hydrogen-bond acceptors (Lipinski definition) is 6. The van der Waals surface area contributed by atoms with Gasteiger partial charge < -0.3 is 10.1 Å². The Balaban J connectivity index is 1.83. The number of carbonyl (C=O) groups excluding carboxylic acids is 2. The van der Waals surface area contributed by atoms with Gasteiger partial charge in [-0.1, -0.05) is 6.08 Å². The standard InChI is InChI=1S/C19H22N4O5S/c1-3-12-21-29(26,27)17-10-4-14(5-11-17)19(25)23-22-18(24)13-20-15-6-8-16(28-2)9-7-15/h3-11,20-21H,1,12-13H2,2H3,(H,22,24)(H,23,25). The Morgan fingerprint density at radius 3 is 2.28 bits per heavy atom. The minimum atomic E-state index is -3.67. The molecule has 0 aromatic heterocycles. The Morgan fingerprint density at radius 1 is 1.03 bits per heavy atom. The Morgan fingerprint density at radius 2 is 1.69 bits per heavy atom. The van der Waals surface area contributed by atoms with Crippen molar-refractivity contribution in [3.63, 3.8) is 0 Å². The van der Waals surface area contributed by atoms with Crippen molar-refractivity contribution in [1.29, 1.82) is 0 Å². The lowest BCUT2D eigenvalue weighted by molar-refractivity contribution is -0.120. The van der Waals surface area contributed by atoms with Crippen LogP contribution in [-0.2, 0) is 14.8 Å². The second kappa shape index (κ2) is 10.2. The molecule has 2 rings (SSSR count). The molecule has 0 heterocycles. The van der Waals surface area contributed by atoms with E-state index in [1.807, 2.05) is 0 Å². The fourth-order valence-electron chi connectivity index (χ4n) is 2.17. The molecule has 0 unspecified atom stereocenters. The van der Waals surface area contributed by atoms with Crippen LogP contribution in [0.15, 0.2) is 66.1 Å². The van der Waals surface area contributed by atoms with E-state index in [2.05, 4.69) is 27.5 Å². The zero-order chi connectivity index (χ0) is 21.3. The Hall–Kier alpha value is -3.37. The summed E-state index contributed by atoms with van der Waals surface area (Å²) in [6, 6.07) is 12.3. The molecule has 154 valence electrons. The molecule has 2 aromatic rings. The quantitative estimate of drug-likeness (QED) is 0.356. The van der Waals surface area contributed by atoms with Crippen LogP contribution in [-0.4, -0.2) is 40.4 Å². The first-order valence-electron chi connectivity index (χ1n) is 8.53. The third kappa shape index (κ3) is 6.63. The largest absolute Gasteiger partial charge is 0.497 e. The Labute approximate surface area is 169 Å². The monoisotopic (exact) mass is 418 g/mol. The summed E-state index contributed by atoms with van der Waals surface area (Å²) >= 11 is 0. The number of hydrazine groups is 1. The zero-order valence-electron chi connectivity index (χ0n) is 15.8. The lowest BCUT2D eigenvalue weighted by atomic mass is 10.2. The number of rotatable bonds is 9. The predicted molar refractivity (Wildman–Crippen MR) is 109 cm³/mol. The Kier molecular flexibility index (Phi) is 7.75. The number of sulfonamides is 1. The van der Waals surface area contributed by atoms with Crippen LogP contribution in [0.25, 0.3) is 0 Å². The van der Waals surface area contributed by atoms with Crippen LogP contribution < -0.4 is 25.6 Å². The highest BCUT2D eigenvalue weighted by atomic mass is 32.2. The first kappa shape index (κ1) is 21.9. The molecule has 0 aliphatic heterocycles. The normalized spacial score (nSPS) is 10.7. The van der Waals surface area contributed by atoms with Crippen LogP contribution in [0.1, 0.15) is 10.4 Å². The van der Waals surface area contributed by atoms with E-state index in [0.717, 1.165) is 0 Å². The van der Waals surface area contributed by atoms with E-state index in [9.17, 15) is 18.0 Å². The van der Waals surface area contributed by atoms with Crippen LogP contribution in [0.4, 0.5) is 5.69 Å². The summed E-state index contributed by atoms with van der Waals surface area (Å²) in [6.45, 7) is 3.48. The van der Waals surface area contributed by atoms with E-state index in [-0.39, 0.29) is 23.5 Å². The van der Waals surface area contributed by atoms with Gasteiger partial charge >= 0.3 is 0 Å². The molecule has 0 aliphatic carbocycles. The summed E-state index contributed by atoms with van der Waals surface area (Å²) in [7, 11) is -2.11. The van der Waals surface area contributed by atoms with Crippen LogP contribution in [0.5, 0.6) is 5.75 Å². The molecule has 29 heavy (non-hydrogen) atoms. The van der Waals surface area contributed by atoms with Gasteiger partial charge in [0.1, 0.15) is 5.75 Å². The molecule has 0 bridgehead atoms. The highest BCUT2D eigenvalue weighted by molar-refractivity contribution is 7.89. The molecule has 0 saturated heterocycles. The van der Waals surface area contributed by atoms with Gasteiger partial charge in [0.05, 0.1) is 18.6 Å². The molecular weight excluding hydrogens is 396 g/mol. The Bertz CT molecular complexity index is 957. The summed E-state index contributed by atoms with van der Waals surface area (Å²) in [6.07, 6.45) is 1.42. The predicted octanol–water partition coefficient (Wildman–Crippen LogP) is 1.03. The van der Waals surface area contributed by atoms with E-state index in [4.69, 9.17) is 4.74 Å². The van der Waals surface area contributed by atoms with E-state index in [1.165, 1.54) is 30.3 Å². The molecule has 0 radical (unpaired) electrons. The SMILES string of the molecule is C=CCNS(=O)(=O)c1ccc(C(=O)NNC(=O)CNc2ccc(OC)cc2)cc1. The molecule has 0 fully saturated rings. The van der Waals surface area contributed by atoms with Gasteiger partial charge in [-0.25, -0.2) is 13.1 Å². The molecule has 2 amide bonds. The maximum Gasteiger partial charge on any atom is 0.269 e. The maximum absolute atomic E-state index is 12.1. The summed E-state index contributed by atoms with van der Waals surface area (Å²) in [5, 5.41) is 2.90. The number of anilines is 1. The van der Waals surface area contributed by atoms with E-state index < -0.39 is 21.8 Å². The first-order valence-corrected chi connectivity index (χ1v) is 10.0. The lowest BCUT2D eigenvalue weighted by Crippen LogP contribution is -2.44. The van der Waals surface area contributed by atoms with Crippen LogP contribution in [0, 0.1) is 0 Å². The minimum Gasteiger partial charge on any atom is -0.497 e. The molecule has 0 spiro atoms. The second-order valence-electron chi connectivity index (χ2n) is 5.75. The van der Waals surface area contributed by atoms with Crippen molar-refractivity contribution >= 4 is 27.5 Å². The van der Waals surface area contributed by atoms with Gasteiger partial charge in [0.15, 0.2) is 0 Å². The number of ether oxygens (including phenoxy) is 1. The third-order valence-corrected chi connectivity index (χ3v) is 5.14. The number of benzene rings is 2. The van der Waals surface area contributed by atoms with E-state index in [1.54, 1.807) is 31.4 Å². The zero-order valence-corrected chi connectivity index (χ0v) is 16.6. The molecule has 0 saturated carbocycles. The van der Waals surface area contributed by atoms with Gasteiger partial charge in [-0.15, -0.1) is 6.58 Å². The van der Waals surface area contributed by atoms with Crippen LogP contribution >= 0.6 is 0 Å². The number of carbonyl (C=O) groups is 2. The van der Waals surface area contributed by atoms with Crippen molar-refractivity contribution in [3.05, 3.63) is 66.7 Å². The van der Waals surface area contributed by atoms with E-state index >= 15 is 0 Å². The second-order valence-corrected chi connectivity index (χ2v) is 7.52. The molecule has 2 aromatic carbocycles. The van der Waals surface area contributed by atoms with Crippen LogP contribution in [0.3, 0.4) is 0 Å². The molecule has 4 N–H and O–H groups in total. The fourth-order valence-corrected chi connectivity index (χ4v) is 3.17. The summed E-state index contributed by atoms with van der Waals surface area (Å²) in [5.74, 6) is -0.338. The average Bonchev–Trinajstić information content (AvgIpc) is 2.75. The van der Waals surface area contributed by atoms with Gasteiger partial charge in [0.2, 0.25) is 10.0 Å². The molecule has 9 nitrogen and oxygen atoms in total. The topological polar surface area (TPSA) is 126 Å². The third-order valence-electron chi connectivity index (χ3n) is 3.70. The molecular formula is C19H22N4O5S. The lowest BCUT2D eigenvalue weighted by Gasteiger charge is -2.10. The van der Waals surface area contributed by atoms with Crippen molar-refractivity contribution in [2.45, 2.75) is 4.90 Å². The summed E-state index contributed by atoms with van der Waals surface area (Å²) in [5.41, 5.74) is 5.46. The fraction of sp³-hybridized carbons (Fsp3) is 0.158. The highest BCUT2D eigenvalue weighted by Crippen LogP contribution is 2.14.